The van der Waals surface area contributed by atoms with Crippen molar-refractivity contribution in [1.29, 1.82) is 0 Å². The first-order valence-corrected chi connectivity index (χ1v) is 7.08. The summed E-state index contributed by atoms with van der Waals surface area (Å²) in [7, 11) is 0. The van der Waals surface area contributed by atoms with Crippen molar-refractivity contribution in [2.45, 2.75) is 44.9 Å². The molecule has 1 heteroatoms. The van der Waals surface area contributed by atoms with Gasteiger partial charge in [0.25, 0.3) is 0 Å². The maximum Gasteiger partial charge on any atom is 0.139 e. The van der Waals surface area contributed by atoms with Gasteiger partial charge in [-0.15, -0.1) is 0 Å². The molecule has 18 heavy (non-hydrogen) atoms. The van der Waals surface area contributed by atoms with Crippen molar-refractivity contribution in [1.82, 2.24) is 0 Å². The van der Waals surface area contributed by atoms with Gasteiger partial charge in [-0.2, -0.15) is 0 Å². The molecule has 1 fully saturated rings. The van der Waals surface area contributed by atoms with E-state index in [1.165, 1.54) is 17.6 Å². The minimum absolute atomic E-state index is 0.0104. The van der Waals surface area contributed by atoms with Gasteiger partial charge in [0.15, 0.2) is 0 Å². The SMILES string of the molecule is O=C1CCCCC12CC=C(c1ccccc1)CC2. The summed E-state index contributed by atoms with van der Waals surface area (Å²) >= 11 is 0. The standard InChI is InChI=1S/C17H20O/c18-16-8-4-5-11-17(16)12-9-15(10-13-17)14-6-2-1-3-7-14/h1-3,6-7,9H,4-5,8,10-13H2. The van der Waals surface area contributed by atoms with E-state index in [0.717, 1.165) is 38.5 Å². The van der Waals surface area contributed by atoms with Crippen molar-refractivity contribution >= 4 is 11.4 Å². The smallest absolute Gasteiger partial charge is 0.139 e. The third-order valence-electron chi connectivity index (χ3n) is 4.66. The summed E-state index contributed by atoms with van der Waals surface area (Å²) in [5.74, 6) is 0.525. The van der Waals surface area contributed by atoms with E-state index in [-0.39, 0.29) is 5.41 Å². The Morgan fingerprint density at radius 2 is 1.78 bits per heavy atom. The summed E-state index contributed by atoms with van der Waals surface area (Å²) in [6, 6.07) is 10.6. The molecule has 1 aromatic carbocycles. The van der Waals surface area contributed by atoms with Crippen LogP contribution in [0.2, 0.25) is 0 Å². The van der Waals surface area contributed by atoms with Crippen LogP contribution in [0.15, 0.2) is 36.4 Å². The van der Waals surface area contributed by atoms with Crippen molar-refractivity contribution in [2.24, 2.45) is 5.41 Å². The van der Waals surface area contributed by atoms with Crippen LogP contribution in [0.5, 0.6) is 0 Å². The lowest BCUT2D eigenvalue weighted by molar-refractivity contribution is -0.131. The number of carbonyl (C=O) groups excluding carboxylic acids is 1. The van der Waals surface area contributed by atoms with E-state index in [9.17, 15) is 4.79 Å². The lowest BCUT2D eigenvalue weighted by Crippen LogP contribution is -2.35. The van der Waals surface area contributed by atoms with E-state index in [4.69, 9.17) is 0 Å². The Morgan fingerprint density at radius 1 is 0.944 bits per heavy atom. The van der Waals surface area contributed by atoms with Crippen LogP contribution in [-0.2, 0) is 4.79 Å². The van der Waals surface area contributed by atoms with Crippen molar-refractivity contribution in [2.75, 3.05) is 0 Å². The van der Waals surface area contributed by atoms with Gasteiger partial charge in [0, 0.05) is 11.8 Å². The molecule has 2 aliphatic carbocycles. The highest BCUT2D eigenvalue weighted by molar-refractivity contribution is 5.87. The van der Waals surface area contributed by atoms with Gasteiger partial charge in [0.05, 0.1) is 0 Å². The zero-order chi connectivity index (χ0) is 12.4. The molecular weight excluding hydrogens is 220 g/mol. The lowest BCUT2D eigenvalue weighted by atomic mass is 9.65. The Bertz CT molecular complexity index is 472. The minimum atomic E-state index is 0.0104. The zero-order valence-corrected chi connectivity index (χ0v) is 10.8. The van der Waals surface area contributed by atoms with Gasteiger partial charge in [-0.3, -0.25) is 4.79 Å². The summed E-state index contributed by atoms with van der Waals surface area (Å²) in [5, 5.41) is 0. The topological polar surface area (TPSA) is 17.1 Å². The number of hydrogen-bond acceptors (Lipinski definition) is 1. The monoisotopic (exact) mass is 240 g/mol. The van der Waals surface area contributed by atoms with Crippen LogP contribution in [0.4, 0.5) is 0 Å². The number of allylic oxidation sites excluding steroid dienone is 2. The average Bonchev–Trinajstić information content (AvgIpc) is 2.44. The van der Waals surface area contributed by atoms with E-state index >= 15 is 0 Å². The quantitative estimate of drug-likeness (QED) is 0.711. The van der Waals surface area contributed by atoms with Crippen LogP contribution in [0.1, 0.15) is 50.5 Å². The number of hydrogen-bond donors (Lipinski definition) is 0. The normalized spacial score (nSPS) is 28.2. The number of carbonyl (C=O) groups is 1. The number of ketones is 1. The Kier molecular flexibility index (Phi) is 3.07. The molecule has 3 rings (SSSR count). The molecule has 0 N–H and O–H groups in total. The Labute approximate surface area is 109 Å². The molecule has 0 aliphatic heterocycles. The molecule has 1 unspecified atom stereocenters. The van der Waals surface area contributed by atoms with E-state index < -0.39 is 0 Å². The third kappa shape index (κ3) is 2.03. The highest BCUT2D eigenvalue weighted by atomic mass is 16.1. The van der Waals surface area contributed by atoms with E-state index in [1.54, 1.807) is 0 Å². The van der Waals surface area contributed by atoms with Crippen molar-refractivity contribution < 1.29 is 4.79 Å². The Hall–Kier alpha value is -1.37. The maximum atomic E-state index is 12.2. The summed E-state index contributed by atoms with van der Waals surface area (Å²) in [4.78, 5) is 12.2. The van der Waals surface area contributed by atoms with Crippen LogP contribution >= 0.6 is 0 Å². The number of benzene rings is 1. The fourth-order valence-corrected chi connectivity index (χ4v) is 3.44. The van der Waals surface area contributed by atoms with Crippen molar-refractivity contribution in [3.05, 3.63) is 42.0 Å². The molecule has 1 nitrogen and oxygen atoms in total. The predicted octanol–water partition coefficient (Wildman–Crippen LogP) is 4.38. The molecule has 1 atom stereocenters. The van der Waals surface area contributed by atoms with Crippen LogP contribution in [0.3, 0.4) is 0 Å². The van der Waals surface area contributed by atoms with Gasteiger partial charge in [-0.25, -0.2) is 0 Å². The van der Waals surface area contributed by atoms with Crippen molar-refractivity contribution in [3.8, 4) is 0 Å². The largest absolute Gasteiger partial charge is 0.299 e. The first kappa shape index (κ1) is 11.7. The van der Waals surface area contributed by atoms with Crippen LogP contribution in [0.25, 0.3) is 5.57 Å². The molecular formula is C17H20O. The second-order valence-corrected chi connectivity index (χ2v) is 5.71. The summed E-state index contributed by atoms with van der Waals surface area (Å²) in [6.45, 7) is 0. The van der Waals surface area contributed by atoms with Gasteiger partial charge in [-0.1, -0.05) is 42.8 Å². The molecule has 0 radical (unpaired) electrons. The van der Waals surface area contributed by atoms with Gasteiger partial charge in [0.2, 0.25) is 0 Å². The second-order valence-electron chi connectivity index (χ2n) is 5.71. The molecule has 94 valence electrons. The van der Waals surface area contributed by atoms with E-state index in [0.29, 0.717) is 5.78 Å². The van der Waals surface area contributed by atoms with Gasteiger partial charge >= 0.3 is 0 Å². The first-order chi connectivity index (χ1) is 8.80. The molecule has 2 aliphatic rings. The molecule has 0 bridgehead atoms. The summed E-state index contributed by atoms with van der Waals surface area (Å²) in [6.07, 6.45) is 9.69. The predicted molar refractivity (Wildman–Crippen MR) is 74.2 cm³/mol. The van der Waals surface area contributed by atoms with Crippen LogP contribution in [-0.4, -0.2) is 5.78 Å². The zero-order valence-electron chi connectivity index (χ0n) is 10.8. The Balaban J connectivity index is 1.81. The summed E-state index contributed by atoms with van der Waals surface area (Å²) < 4.78 is 0. The Morgan fingerprint density at radius 3 is 2.44 bits per heavy atom. The fourth-order valence-electron chi connectivity index (χ4n) is 3.44. The lowest BCUT2D eigenvalue weighted by Gasteiger charge is -2.38. The molecule has 0 amide bonds. The fraction of sp³-hybridized carbons (Fsp3) is 0.471. The number of Topliss-reactive ketones (excluding diaryl/α,β-unsaturated/α-hetero) is 1. The van der Waals surface area contributed by atoms with Gasteiger partial charge in [0.1, 0.15) is 5.78 Å². The van der Waals surface area contributed by atoms with E-state index in [1.807, 2.05) is 0 Å². The molecule has 1 spiro atoms. The molecule has 0 saturated heterocycles. The molecule has 1 aromatic rings. The average molecular weight is 240 g/mol. The third-order valence-corrected chi connectivity index (χ3v) is 4.66. The highest BCUT2D eigenvalue weighted by Crippen LogP contribution is 2.46. The van der Waals surface area contributed by atoms with Crippen molar-refractivity contribution in [3.63, 3.8) is 0 Å². The molecule has 0 aromatic heterocycles. The number of rotatable bonds is 1. The summed E-state index contributed by atoms with van der Waals surface area (Å²) in [5.41, 5.74) is 2.77. The first-order valence-electron chi connectivity index (χ1n) is 7.08. The molecule has 1 saturated carbocycles. The molecule has 0 heterocycles. The second kappa shape index (κ2) is 4.72. The highest BCUT2D eigenvalue weighted by Gasteiger charge is 2.40. The van der Waals surface area contributed by atoms with Gasteiger partial charge < -0.3 is 0 Å². The van der Waals surface area contributed by atoms with Gasteiger partial charge in [-0.05, 0) is 43.2 Å². The van der Waals surface area contributed by atoms with Crippen LogP contribution < -0.4 is 0 Å². The van der Waals surface area contributed by atoms with E-state index in [2.05, 4.69) is 36.4 Å². The minimum Gasteiger partial charge on any atom is -0.299 e. The van der Waals surface area contributed by atoms with Crippen LogP contribution in [0, 0.1) is 5.41 Å². The maximum absolute atomic E-state index is 12.2.